The molecule has 0 bridgehead atoms. The van der Waals surface area contributed by atoms with Gasteiger partial charge in [0.25, 0.3) is 0 Å². The summed E-state index contributed by atoms with van der Waals surface area (Å²) in [5, 5.41) is 3.49. The zero-order valence-corrected chi connectivity index (χ0v) is 11.7. The Bertz CT molecular complexity index is 543. The van der Waals surface area contributed by atoms with Crippen LogP contribution in [0.5, 0.6) is 0 Å². The lowest BCUT2D eigenvalue weighted by molar-refractivity contribution is 0.621. The van der Waals surface area contributed by atoms with Gasteiger partial charge in [-0.1, -0.05) is 25.1 Å². The van der Waals surface area contributed by atoms with Gasteiger partial charge in [-0.25, -0.2) is 4.39 Å². The van der Waals surface area contributed by atoms with Crippen LogP contribution in [0.25, 0.3) is 0 Å². The molecule has 2 aromatic carbocycles. The van der Waals surface area contributed by atoms with Crippen molar-refractivity contribution in [3.8, 4) is 0 Å². The lowest BCUT2D eigenvalue weighted by atomic mass is 10.0. The summed E-state index contributed by atoms with van der Waals surface area (Å²) in [4.78, 5) is 0. The van der Waals surface area contributed by atoms with Gasteiger partial charge in [-0.05, 0) is 61.2 Å². The molecule has 0 heterocycles. The second-order valence-electron chi connectivity index (χ2n) is 5.04. The van der Waals surface area contributed by atoms with Gasteiger partial charge in [0.2, 0.25) is 0 Å². The summed E-state index contributed by atoms with van der Waals surface area (Å²) in [6.45, 7) is 6.27. The Kier molecular flexibility index (Phi) is 4.20. The van der Waals surface area contributed by atoms with E-state index in [9.17, 15) is 4.39 Å². The molecule has 100 valence electrons. The number of halogens is 1. The molecule has 2 aromatic rings. The number of hydrogen-bond acceptors (Lipinski definition) is 1. The topological polar surface area (TPSA) is 12.0 Å². The normalized spacial score (nSPS) is 12.2. The maximum atomic E-state index is 13.3. The summed E-state index contributed by atoms with van der Waals surface area (Å²) in [6, 6.07) is 13.3. The Morgan fingerprint density at radius 2 is 1.74 bits per heavy atom. The average molecular weight is 257 g/mol. The minimum atomic E-state index is -0.182. The van der Waals surface area contributed by atoms with Crippen molar-refractivity contribution < 1.29 is 4.39 Å². The average Bonchev–Trinajstić information content (AvgIpc) is 2.34. The summed E-state index contributed by atoms with van der Waals surface area (Å²) in [7, 11) is 0. The smallest absolute Gasteiger partial charge is 0.123 e. The van der Waals surface area contributed by atoms with Crippen LogP contribution in [0.1, 0.15) is 36.1 Å². The first kappa shape index (κ1) is 13.6. The predicted octanol–water partition coefficient (Wildman–Crippen LogP) is 5.01. The highest BCUT2D eigenvalue weighted by atomic mass is 19.1. The van der Waals surface area contributed by atoms with E-state index in [-0.39, 0.29) is 11.9 Å². The van der Waals surface area contributed by atoms with Gasteiger partial charge >= 0.3 is 0 Å². The van der Waals surface area contributed by atoms with Gasteiger partial charge in [0.05, 0.1) is 6.04 Å². The maximum absolute atomic E-state index is 13.3. The monoisotopic (exact) mass is 257 g/mol. The van der Waals surface area contributed by atoms with Gasteiger partial charge in [-0.2, -0.15) is 0 Å². The van der Waals surface area contributed by atoms with Gasteiger partial charge in [0.1, 0.15) is 5.82 Å². The van der Waals surface area contributed by atoms with E-state index < -0.39 is 0 Å². The van der Waals surface area contributed by atoms with Crippen LogP contribution >= 0.6 is 0 Å². The predicted molar refractivity (Wildman–Crippen MR) is 79.0 cm³/mol. The Hall–Kier alpha value is -1.83. The molecule has 2 rings (SSSR count). The van der Waals surface area contributed by atoms with E-state index in [4.69, 9.17) is 0 Å². The molecule has 0 saturated carbocycles. The van der Waals surface area contributed by atoms with Crippen molar-refractivity contribution in [1.29, 1.82) is 0 Å². The van der Waals surface area contributed by atoms with Crippen molar-refractivity contribution in [1.82, 2.24) is 0 Å². The second kappa shape index (κ2) is 5.87. The second-order valence-corrected chi connectivity index (χ2v) is 5.04. The van der Waals surface area contributed by atoms with E-state index in [0.717, 1.165) is 17.7 Å². The molecule has 1 unspecified atom stereocenters. The number of benzene rings is 2. The molecule has 0 spiro atoms. The van der Waals surface area contributed by atoms with E-state index >= 15 is 0 Å². The molecule has 0 saturated heterocycles. The van der Waals surface area contributed by atoms with Crippen LogP contribution in [0, 0.1) is 19.7 Å². The van der Waals surface area contributed by atoms with E-state index in [1.165, 1.54) is 17.2 Å². The molecule has 1 atom stereocenters. The van der Waals surface area contributed by atoms with Crippen molar-refractivity contribution in [3.63, 3.8) is 0 Å². The van der Waals surface area contributed by atoms with E-state index in [2.05, 4.69) is 44.3 Å². The summed E-state index contributed by atoms with van der Waals surface area (Å²) in [5.41, 5.74) is 4.54. The highest BCUT2D eigenvalue weighted by molar-refractivity contribution is 5.50. The molecule has 1 N–H and O–H groups in total. The fourth-order valence-corrected chi connectivity index (χ4v) is 2.40. The molecule has 1 nitrogen and oxygen atoms in total. The Morgan fingerprint density at radius 3 is 2.32 bits per heavy atom. The molecule has 0 aliphatic rings. The summed E-state index contributed by atoms with van der Waals surface area (Å²) in [6.07, 6.45) is 0.913. The Morgan fingerprint density at radius 1 is 1.05 bits per heavy atom. The number of aryl methyl sites for hydroxylation is 2. The third-order valence-corrected chi connectivity index (χ3v) is 3.22. The quantitative estimate of drug-likeness (QED) is 0.812. The zero-order chi connectivity index (χ0) is 13.8. The van der Waals surface area contributed by atoms with Crippen LogP contribution in [0.4, 0.5) is 10.1 Å². The molecule has 19 heavy (non-hydrogen) atoms. The van der Waals surface area contributed by atoms with Crippen molar-refractivity contribution in [2.75, 3.05) is 5.32 Å². The van der Waals surface area contributed by atoms with Crippen molar-refractivity contribution in [3.05, 3.63) is 65.0 Å². The molecule has 0 radical (unpaired) electrons. The number of rotatable bonds is 4. The molecular formula is C17H20FN. The van der Waals surface area contributed by atoms with Crippen LogP contribution in [0.3, 0.4) is 0 Å². The fourth-order valence-electron chi connectivity index (χ4n) is 2.40. The minimum absolute atomic E-state index is 0.136. The molecular weight excluding hydrogens is 237 g/mol. The lowest BCUT2D eigenvalue weighted by Crippen LogP contribution is -2.10. The number of anilines is 1. The summed E-state index contributed by atoms with van der Waals surface area (Å²) in [5.74, 6) is -0.182. The Labute approximate surface area is 114 Å². The largest absolute Gasteiger partial charge is 0.378 e. The van der Waals surface area contributed by atoms with Crippen LogP contribution in [-0.2, 0) is 0 Å². The van der Waals surface area contributed by atoms with Crippen molar-refractivity contribution in [2.45, 2.75) is 33.2 Å². The van der Waals surface area contributed by atoms with Gasteiger partial charge in [-0.15, -0.1) is 0 Å². The highest BCUT2D eigenvalue weighted by Crippen LogP contribution is 2.24. The van der Waals surface area contributed by atoms with Gasteiger partial charge in [0.15, 0.2) is 0 Å². The first-order valence-electron chi connectivity index (χ1n) is 6.69. The van der Waals surface area contributed by atoms with E-state index in [1.807, 2.05) is 6.07 Å². The molecule has 0 aliphatic carbocycles. The number of hydrogen-bond donors (Lipinski definition) is 1. The highest BCUT2D eigenvalue weighted by Gasteiger charge is 2.10. The first-order chi connectivity index (χ1) is 9.08. The van der Waals surface area contributed by atoms with Crippen molar-refractivity contribution in [2.24, 2.45) is 0 Å². The Balaban J connectivity index is 2.23. The van der Waals surface area contributed by atoms with E-state index in [0.29, 0.717) is 0 Å². The van der Waals surface area contributed by atoms with Crippen molar-refractivity contribution >= 4 is 5.69 Å². The van der Waals surface area contributed by atoms with Crippen LogP contribution in [0.15, 0.2) is 42.5 Å². The molecule has 0 aromatic heterocycles. The fraction of sp³-hybridized carbons (Fsp3) is 0.294. The van der Waals surface area contributed by atoms with Gasteiger partial charge in [0, 0.05) is 5.69 Å². The van der Waals surface area contributed by atoms with E-state index in [1.54, 1.807) is 12.1 Å². The third-order valence-electron chi connectivity index (χ3n) is 3.22. The van der Waals surface area contributed by atoms with Crippen LogP contribution < -0.4 is 5.32 Å². The molecule has 0 aliphatic heterocycles. The van der Waals surface area contributed by atoms with Crippen LogP contribution in [0.2, 0.25) is 0 Å². The lowest BCUT2D eigenvalue weighted by Gasteiger charge is -2.19. The summed E-state index contributed by atoms with van der Waals surface area (Å²) >= 11 is 0. The SMILES string of the molecule is CCC(Nc1cc(C)cc(C)c1)c1cccc(F)c1. The van der Waals surface area contributed by atoms with Gasteiger partial charge < -0.3 is 5.32 Å². The van der Waals surface area contributed by atoms with Gasteiger partial charge in [-0.3, -0.25) is 0 Å². The molecule has 2 heteroatoms. The maximum Gasteiger partial charge on any atom is 0.123 e. The minimum Gasteiger partial charge on any atom is -0.378 e. The zero-order valence-electron chi connectivity index (χ0n) is 11.7. The van der Waals surface area contributed by atoms with Crippen LogP contribution in [-0.4, -0.2) is 0 Å². The number of nitrogens with one attached hydrogen (secondary N) is 1. The standard InChI is InChI=1S/C17H20FN/c1-4-17(14-6-5-7-15(18)11-14)19-16-9-12(2)8-13(3)10-16/h5-11,17,19H,4H2,1-3H3. The summed E-state index contributed by atoms with van der Waals surface area (Å²) < 4.78 is 13.3. The molecule has 0 fully saturated rings. The molecule has 0 amide bonds. The third kappa shape index (κ3) is 3.57. The first-order valence-corrected chi connectivity index (χ1v) is 6.69.